The van der Waals surface area contributed by atoms with Crippen molar-refractivity contribution < 1.29 is 0 Å². The summed E-state index contributed by atoms with van der Waals surface area (Å²) >= 11 is 0. The van der Waals surface area contributed by atoms with E-state index in [-0.39, 0.29) is 0 Å². The molecule has 0 heteroatoms. The predicted octanol–water partition coefficient (Wildman–Crippen LogP) is 6.45. The highest BCUT2D eigenvalue weighted by atomic mass is 14.1. The molecule has 0 heterocycles. The topological polar surface area (TPSA) is 0 Å². The van der Waals surface area contributed by atoms with E-state index in [4.69, 9.17) is 0 Å². The van der Waals surface area contributed by atoms with Crippen LogP contribution in [0.5, 0.6) is 0 Å². The molecule has 110 valence electrons. The molecule has 0 spiro atoms. The largest absolute Gasteiger partial charge is 0.0622 e. The first-order valence-electron chi connectivity index (χ1n) is 7.92. The maximum Gasteiger partial charge on any atom is -0.0147 e. The monoisotopic (exact) mass is 286 g/mol. The Labute approximate surface area is 133 Å². The quantitative estimate of drug-likeness (QED) is 0.519. The minimum atomic E-state index is 0.532. The van der Waals surface area contributed by atoms with Crippen LogP contribution in [0.1, 0.15) is 30.9 Å². The molecule has 3 aromatic rings. The molecule has 0 N–H and O–H groups in total. The van der Waals surface area contributed by atoms with Crippen LogP contribution in [0.25, 0.3) is 22.3 Å². The Morgan fingerprint density at radius 3 is 2.00 bits per heavy atom. The van der Waals surface area contributed by atoms with Crippen LogP contribution in [0.3, 0.4) is 0 Å². The van der Waals surface area contributed by atoms with E-state index < -0.39 is 0 Å². The number of hydrogen-bond donors (Lipinski definition) is 0. The minimum absolute atomic E-state index is 0.532. The van der Waals surface area contributed by atoms with E-state index in [1.807, 2.05) is 0 Å². The summed E-state index contributed by atoms with van der Waals surface area (Å²) in [5.74, 6) is 0.532. The lowest BCUT2D eigenvalue weighted by Crippen LogP contribution is -1.94. The van der Waals surface area contributed by atoms with Crippen molar-refractivity contribution in [1.29, 1.82) is 0 Å². The second kappa shape index (κ2) is 6.19. The molecule has 0 aromatic heterocycles. The fraction of sp³-hybridized carbons (Fsp3) is 0.182. The van der Waals surface area contributed by atoms with Gasteiger partial charge in [-0.05, 0) is 46.2 Å². The van der Waals surface area contributed by atoms with Crippen LogP contribution in [0.2, 0.25) is 0 Å². The standard InChI is InChI=1S/C22H22/c1-16(2)20-11-7-8-12-22(20)21-14-13-19(15-17(21)3)18-9-5-4-6-10-18/h4-16H,1-3H3. The van der Waals surface area contributed by atoms with Crippen LogP contribution < -0.4 is 0 Å². The molecule has 0 aliphatic carbocycles. The van der Waals surface area contributed by atoms with Crippen LogP contribution >= 0.6 is 0 Å². The van der Waals surface area contributed by atoms with Gasteiger partial charge in [-0.15, -0.1) is 0 Å². The van der Waals surface area contributed by atoms with Crippen molar-refractivity contribution >= 4 is 0 Å². The first-order chi connectivity index (χ1) is 10.7. The lowest BCUT2D eigenvalue weighted by Gasteiger charge is -2.15. The van der Waals surface area contributed by atoms with Crippen molar-refractivity contribution in [3.05, 3.63) is 83.9 Å². The Kier molecular flexibility index (Phi) is 4.11. The summed E-state index contributed by atoms with van der Waals surface area (Å²) < 4.78 is 0. The Morgan fingerprint density at radius 2 is 1.32 bits per heavy atom. The normalized spacial score (nSPS) is 10.9. The second-order valence-corrected chi connectivity index (χ2v) is 6.14. The highest BCUT2D eigenvalue weighted by Crippen LogP contribution is 2.33. The third-order valence-electron chi connectivity index (χ3n) is 4.21. The molecule has 0 amide bonds. The molecular formula is C22H22. The number of benzene rings is 3. The smallest absolute Gasteiger partial charge is 0.0147 e. The van der Waals surface area contributed by atoms with Gasteiger partial charge in [0.15, 0.2) is 0 Å². The summed E-state index contributed by atoms with van der Waals surface area (Å²) in [7, 11) is 0. The van der Waals surface area contributed by atoms with E-state index in [0.29, 0.717) is 5.92 Å². The van der Waals surface area contributed by atoms with Gasteiger partial charge >= 0.3 is 0 Å². The predicted molar refractivity (Wildman–Crippen MR) is 96.1 cm³/mol. The van der Waals surface area contributed by atoms with E-state index >= 15 is 0 Å². The molecule has 0 fully saturated rings. The third-order valence-corrected chi connectivity index (χ3v) is 4.21. The summed E-state index contributed by atoms with van der Waals surface area (Å²) in [5.41, 5.74) is 7.99. The SMILES string of the molecule is Cc1cc(-c2ccccc2)ccc1-c1ccccc1C(C)C. The third kappa shape index (κ3) is 2.82. The van der Waals surface area contributed by atoms with Crippen molar-refractivity contribution in [3.8, 4) is 22.3 Å². The molecule has 0 atom stereocenters. The van der Waals surface area contributed by atoms with Gasteiger partial charge in [0.25, 0.3) is 0 Å². The molecule has 0 radical (unpaired) electrons. The van der Waals surface area contributed by atoms with Crippen LogP contribution in [-0.4, -0.2) is 0 Å². The maximum atomic E-state index is 2.29. The highest BCUT2D eigenvalue weighted by molar-refractivity contribution is 5.75. The van der Waals surface area contributed by atoms with E-state index in [9.17, 15) is 0 Å². The van der Waals surface area contributed by atoms with Gasteiger partial charge in [-0.25, -0.2) is 0 Å². The zero-order valence-corrected chi connectivity index (χ0v) is 13.5. The number of hydrogen-bond acceptors (Lipinski definition) is 0. The van der Waals surface area contributed by atoms with Crippen molar-refractivity contribution in [2.24, 2.45) is 0 Å². The molecule has 3 rings (SSSR count). The number of rotatable bonds is 3. The zero-order chi connectivity index (χ0) is 15.5. The fourth-order valence-corrected chi connectivity index (χ4v) is 3.02. The molecule has 3 aromatic carbocycles. The summed E-state index contributed by atoms with van der Waals surface area (Å²) in [4.78, 5) is 0. The van der Waals surface area contributed by atoms with Crippen LogP contribution in [0, 0.1) is 6.92 Å². The van der Waals surface area contributed by atoms with Gasteiger partial charge in [-0.2, -0.15) is 0 Å². The molecular weight excluding hydrogens is 264 g/mol. The van der Waals surface area contributed by atoms with Crippen LogP contribution in [0.4, 0.5) is 0 Å². The molecule has 0 saturated heterocycles. The second-order valence-electron chi connectivity index (χ2n) is 6.14. The maximum absolute atomic E-state index is 2.29. The van der Waals surface area contributed by atoms with Gasteiger partial charge in [0.1, 0.15) is 0 Å². The van der Waals surface area contributed by atoms with Gasteiger partial charge < -0.3 is 0 Å². The Hall–Kier alpha value is -2.34. The van der Waals surface area contributed by atoms with Crippen molar-refractivity contribution in [2.75, 3.05) is 0 Å². The first kappa shape index (κ1) is 14.6. The Bertz CT molecular complexity index is 767. The number of aryl methyl sites for hydroxylation is 1. The highest BCUT2D eigenvalue weighted by Gasteiger charge is 2.10. The molecule has 0 unspecified atom stereocenters. The summed E-state index contributed by atoms with van der Waals surface area (Å²) in [6.07, 6.45) is 0. The van der Waals surface area contributed by atoms with E-state index in [0.717, 1.165) is 0 Å². The van der Waals surface area contributed by atoms with E-state index in [1.165, 1.54) is 33.4 Å². The van der Waals surface area contributed by atoms with Crippen molar-refractivity contribution in [1.82, 2.24) is 0 Å². The van der Waals surface area contributed by atoms with Gasteiger partial charge in [-0.3, -0.25) is 0 Å². The molecule has 0 aliphatic rings. The fourth-order valence-electron chi connectivity index (χ4n) is 3.02. The minimum Gasteiger partial charge on any atom is -0.0622 e. The average molecular weight is 286 g/mol. The summed E-state index contributed by atoms with van der Waals surface area (Å²) in [6.45, 7) is 6.72. The van der Waals surface area contributed by atoms with Crippen molar-refractivity contribution in [2.45, 2.75) is 26.7 Å². The van der Waals surface area contributed by atoms with Gasteiger partial charge in [0, 0.05) is 0 Å². The van der Waals surface area contributed by atoms with Crippen LogP contribution in [-0.2, 0) is 0 Å². The summed E-state index contributed by atoms with van der Waals surface area (Å²) in [6, 6.07) is 26.1. The lowest BCUT2D eigenvalue weighted by molar-refractivity contribution is 0.869. The van der Waals surface area contributed by atoms with Crippen molar-refractivity contribution in [3.63, 3.8) is 0 Å². The van der Waals surface area contributed by atoms with Gasteiger partial charge in [0.05, 0.1) is 0 Å². The molecule has 0 nitrogen and oxygen atoms in total. The van der Waals surface area contributed by atoms with Gasteiger partial charge in [0.2, 0.25) is 0 Å². The molecule has 0 saturated carbocycles. The van der Waals surface area contributed by atoms with Crippen LogP contribution in [0.15, 0.2) is 72.8 Å². The molecule has 0 bridgehead atoms. The molecule has 22 heavy (non-hydrogen) atoms. The Morgan fingerprint density at radius 1 is 0.636 bits per heavy atom. The Balaban J connectivity index is 2.08. The zero-order valence-electron chi connectivity index (χ0n) is 13.5. The van der Waals surface area contributed by atoms with E-state index in [1.54, 1.807) is 0 Å². The average Bonchev–Trinajstić information content (AvgIpc) is 2.55. The van der Waals surface area contributed by atoms with Gasteiger partial charge in [-0.1, -0.05) is 86.6 Å². The molecule has 0 aliphatic heterocycles. The summed E-state index contributed by atoms with van der Waals surface area (Å²) in [5, 5.41) is 0. The lowest BCUT2D eigenvalue weighted by atomic mass is 9.89. The first-order valence-corrected chi connectivity index (χ1v) is 7.92. The van der Waals surface area contributed by atoms with E-state index in [2.05, 4.69) is 93.6 Å².